The molecule has 0 unspecified atom stereocenters. The van der Waals surface area contributed by atoms with Crippen molar-refractivity contribution in [1.29, 1.82) is 0 Å². The molecule has 0 aromatic rings. The van der Waals surface area contributed by atoms with Crippen LogP contribution >= 0.6 is 0 Å². The van der Waals surface area contributed by atoms with Gasteiger partial charge >= 0.3 is 5.97 Å². The van der Waals surface area contributed by atoms with Gasteiger partial charge in [0, 0.05) is 25.6 Å². The molecule has 1 heterocycles. The lowest BCUT2D eigenvalue weighted by Crippen LogP contribution is -2.40. The highest BCUT2D eigenvalue weighted by molar-refractivity contribution is 7.89. The first-order valence-corrected chi connectivity index (χ1v) is 8.99. The predicted molar refractivity (Wildman–Crippen MR) is 76.1 cm³/mol. The van der Waals surface area contributed by atoms with E-state index in [1.54, 1.807) is 0 Å². The Balaban J connectivity index is 1.70. The van der Waals surface area contributed by atoms with Gasteiger partial charge < -0.3 is 10.4 Å². The first-order valence-electron chi connectivity index (χ1n) is 7.38. The summed E-state index contributed by atoms with van der Waals surface area (Å²) in [5, 5.41) is 11.8. The Bertz CT molecular complexity index is 497. The fourth-order valence-electron chi connectivity index (χ4n) is 2.95. The Morgan fingerprint density at radius 3 is 2.38 bits per heavy atom. The average molecular weight is 318 g/mol. The van der Waals surface area contributed by atoms with Crippen LogP contribution in [0.1, 0.15) is 38.5 Å². The largest absolute Gasteiger partial charge is 0.481 e. The van der Waals surface area contributed by atoms with E-state index in [0.717, 1.165) is 0 Å². The molecule has 8 heteroatoms. The van der Waals surface area contributed by atoms with Gasteiger partial charge in [-0.05, 0) is 32.1 Å². The molecule has 2 N–H and O–H groups in total. The van der Waals surface area contributed by atoms with Gasteiger partial charge in [0.05, 0.1) is 11.7 Å². The molecular weight excluding hydrogens is 296 g/mol. The van der Waals surface area contributed by atoms with Crippen molar-refractivity contribution in [1.82, 2.24) is 9.62 Å². The summed E-state index contributed by atoms with van der Waals surface area (Å²) in [6, 6.07) is 0.0169. The molecule has 1 aliphatic heterocycles. The fraction of sp³-hybridized carbons (Fsp3) is 0.846. The molecule has 7 nitrogen and oxygen atoms in total. The molecule has 0 bridgehead atoms. The highest BCUT2D eigenvalue weighted by atomic mass is 32.2. The van der Waals surface area contributed by atoms with Crippen LogP contribution in [0.5, 0.6) is 0 Å². The maximum absolute atomic E-state index is 11.8. The van der Waals surface area contributed by atoms with Crippen LogP contribution in [-0.4, -0.2) is 54.6 Å². The highest BCUT2D eigenvalue weighted by Gasteiger charge is 2.29. The second-order valence-electron chi connectivity index (χ2n) is 5.77. The van der Waals surface area contributed by atoms with Crippen molar-refractivity contribution in [3.05, 3.63) is 0 Å². The molecule has 0 spiro atoms. The SMILES string of the molecule is O=C(CCN1CCCS1(=O)=O)NC1CCC(C(=O)O)CC1. The van der Waals surface area contributed by atoms with Crippen LogP contribution in [-0.2, 0) is 19.6 Å². The van der Waals surface area contributed by atoms with Crippen LogP contribution in [0.2, 0.25) is 0 Å². The van der Waals surface area contributed by atoms with Gasteiger partial charge in [0.1, 0.15) is 0 Å². The molecule has 2 fully saturated rings. The second-order valence-corrected chi connectivity index (χ2v) is 7.86. The van der Waals surface area contributed by atoms with Gasteiger partial charge in [-0.2, -0.15) is 0 Å². The number of carboxylic acid groups (broad SMARTS) is 1. The number of hydrogen-bond acceptors (Lipinski definition) is 4. The Morgan fingerprint density at radius 2 is 1.86 bits per heavy atom. The van der Waals surface area contributed by atoms with Gasteiger partial charge in [-0.3, -0.25) is 9.59 Å². The summed E-state index contributed by atoms with van der Waals surface area (Å²) in [6.45, 7) is 0.734. The van der Waals surface area contributed by atoms with E-state index in [2.05, 4.69) is 5.32 Å². The maximum atomic E-state index is 11.8. The number of hydrogen-bond donors (Lipinski definition) is 2. The van der Waals surface area contributed by atoms with E-state index in [9.17, 15) is 18.0 Å². The first-order chi connectivity index (χ1) is 9.88. The van der Waals surface area contributed by atoms with E-state index in [1.807, 2.05) is 0 Å². The number of carboxylic acids is 1. The summed E-state index contributed by atoms with van der Waals surface area (Å²) in [7, 11) is -3.14. The third kappa shape index (κ3) is 4.41. The number of carbonyl (C=O) groups is 2. The van der Waals surface area contributed by atoms with E-state index in [-0.39, 0.29) is 36.6 Å². The number of sulfonamides is 1. The van der Waals surface area contributed by atoms with Gasteiger partial charge in [0.2, 0.25) is 15.9 Å². The van der Waals surface area contributed by atoms with E-state index >= 15 is 0 Å². The second kappa shape index (κ2) is 6.74. The molecule has 2 rings (SSSR count). The number of rotatable bonds is 5. The number of amides is 1. The molecule has 21 heavy (non-hydrogen) atoms. The van der Waals surface area contributed by atoms with Crippen LogP contribution in [0.25, 0.3) is 0 Å². The number of aliphatic carboxylic acids is 1. The first kappa shape index (κ1) is 16.2. The third-order valence-electron chi connectivity index (χ3n) is 4.23. The van der Waals surface area contributed by atoms with Crippen molar-refractivity contribution >= 4 is 21.9 Å². The van der Waals surface area contributed by atoms with Gasteiger partial charge in [-0.25, -0.2) is 12.7 Å². The summed E-state index contributed by atoms with van der Waals surface area (Å²) < 4.78 is 24.6. The highest BCUT2D eigenvalue weighted by Crippen LogP contribution is 2.24. The molecule has 0 atom stereocenters. The monoisotopic (exact) mass is 318 g/mol. The molecule has 1 saturated carbocycles. The molecule has 0 radical (unpaired) electrons. The van der Waals surface area contributed by atoms with Crippen molar-refractivity contribution < 1.29 is 23.1 Å². The zero-order valence-electron chi connectivity index (χ0n) is 12.0. The molecule has 2 aliphatic rings. The smallest absolute Gasteiger partial charge is 0.306 e. The fourth-order valence-corrected chi connectivity index (χ4v) is 4.48. The lowest BCUT2D eigenvalue weighted by atomic mass is 9.86. The maximum Gasteiger partial charge on any atom is 0.306 e. The number of nitrogens with one attached hydrogen (secondary N) is 1. The zero-order valence-corrected chi connectivity index (χ0v) is 12.8. The summed E-state index contributed by atoms with van der Waals surface area (Å²) in [5.74, 6) is -1.05. The van der Waals surface area contributed by atoms with Crippen molar-refractivity contribution in [2.24, 2.45) is 5.92 Å². The quantitative estimate of drug-likeness (QED) is 0.752. The Morgan fingerprint density at radius 1 is 1.19 bits per heavy atom. The summed E-state index contributed by atoms with van der Waals surface area (Å²) in [6.07, 6.45) is 3.30. The van der Waals surface area contributed by atoms with Crippen molar-refractivity contribution in [2.45, 2.75) is 44.6 Å². The predicted octanol–water partition coefficient (Wildman–Crippen LogP) is 0.172. The molecule has 1 saturated heterocycles. The van der Waals surface area contributed by atoms with E-state index in [4.69, 9.17) is 5.11 Å². The third-order valence-corrected chi connectivity index (χ3v) is 6.19. The molecule has 0 aromatic carbocycles. The van der Waals surface area contributed by atoms with Gasteiger partial charge in [-0.15, -0.1) is 0 Å². The molecule has 120 valence electrons. The Hall–Kier alpha value is -1.15. The van der Waals surface area contributed by atoms with Crippen LogP contribution in [0, 0.1) is 5.92 Å². The number of nitrogens with zero attached hydrogens (tertiary/aromatic N) is 1. The Labute approximate surface area is 124 Å². The van der Waals surface area contributed by atoms with Gasteiger partial charge in [-0.1, -0.05) is 0 Å². The van der Waals surface area contributed by atoms with Crippen molar-refractivity contribution in [2.75, 3.05) is 18.8 Å². The molecule has 1 amide bonds. The standard InChI is InChI=1S/C13H22N2O5S/c16-12(6-8-15-7-1-9-21(15,19)20)14-11-4-2-10(3-5-11)13(17)18/h10-11H,1-9H2,(H,14,16)(H,17,18). The normalized spacial score (nSPS) is 29.1. The summed E-state index contributed by atoms with van der Waals surface area (Å²) >= 11 is 0. The zero-order chi connectivity index (χ0) is 15.5. The van der Waals surface area contributed by atoms with Crippen LogP contribution in [0.4, 0.5) is 0 Å². The summed E-state index contributed by atoms with van der Waals surface area (Å²) in [5.41, 5.74) is 0. The number of carbonyl (C=O) groups excluding carboxylic acids is 1. The summed E-state index contributed by atoms with van der Waals surface area (Å²) in [4.78, 5) is 22.7. The topological polar surface area (TPSA) is 104 Å². The average Bonchev–Trinajstić information content (AvgIpc) is 2.76. The van der Waals surface area contributed by atoms with Crippen LogP contribution in [0.3, 0.4) is 0 Å². The molecule has 1 aliphatic carbocycles. The van der Waals surface area contributed by atoms with Gasteiger partial charge in [0.15, 0.2) is 0 Å². The van der Waals surface area contributed by atoms with Crippen molar-refractivity contribution in [3.8, 4) is 0 Å². The molecule has 0 aromatic heterocycles. The minimum Gasteiger partial charge on any atom is -0.481 e. The van der Waals surface area contributed by atoms with Crippen LogP contribution < -0.4 is 5.32 Å². The van der Waals surface area contributed by atoms with E-state index in [0.29, 0.717) is 38.6 Å². The van der Waals surface area contributed by atoms with Gasteiger partial charge in [0.25, 0.3) is 0 Å². The van der Waals surface area contributed by atoms with Crippen molar-refractivity contribution in [3.63, 3.8) is 0 Å². The molecular formula is C13H22N2O5S. The van der Waals surface area contributed by atoms with Crippen LogP contribution in [0.15, 0.2) is 0 Å². The Kier molecular flexibility index (Phi) is 5.21. The minimum absolute atomic E-state index is 0.0169. The minimum atomic E-state index is -3.14. The lowest BCUT2D eigenvalue weighted by molar-refractivity contribution is -0.142. The lowest BCUT2D eigenvalue weighted by Gasteiger charge is -2.27. The van der Waals surface area contributed by atoms with E-state index in [1.165, 1.54) is 4.31 Å². The van der Waals surface area contributed by atoms with E-state index < -0.39 is 16.0 Å².